The standard InChI is InChI=1S/C18H21ClN2O2/c19-14-9-13-10(5-6-21-18(13)22)8-17(14)23-16-4-2-11-7-12(16)1-3-15(11)20/h5-6,8-9,11-12,15-16H,1-4,7,20H2,(H,21,22)/t11?,12-,15?,16?/m1/s1. The van der Waals surface area contributed by atoms with E-state index in [-0.39, 0.29) is 11.7 Å². The number of nitrogens with one attached hydrogen (secondary N) is 1. The van der Waals surface area contributed by atoms with Crippen LogP contribution in [-0.4, -0.2) is 17.1 Å². The molecule has 2 bridgehead atoms. The summed E-state index contributed by atoms with van der Waals surface area (Å²) in [6, 6.07) is 5.82. The molecule has 0 saturated heterocycles. The highest BCUT2D eigenvalue weighted by atomic mass is 35.5. The fourth-order valence-electron chi connectivity index (χ4n) is 4.20. The van der Waals surface area contributed by atoms with Crippen molar-refractivity contribution in [3.8, 4) is 5.75 Å². The Balaban J connectivity index is 1.60. The van der Waals surface area contributed by atoms with Gasteiger partial charge in [0.2, 0.25) is 0 Å². The molecule has 2 aliphatic rings. The number of pyridine rings is 1. The van der Waals surface area contributed by atoms with E-state index in [1.54, 1.807) is 12.3 Å². The number of H-pyrrole nitrogens is 1. The van der Waals surface area contributed by atoms with Gasteiger partial charge in [-0.15, -0.1) is 0 Å². The van der Waals surface area contributed by atoms with Crippen LogP contribution in [0.4, 0.5) is 0 Å². The molecule has 0 aliphatic heterocycles. The van der Waals surface area contributed by atoms with Gasteiger partial charge in [-0.3, -0.25) is 4.79 Å². The minimum absolute atomic E-state index is 0.127. The third-order valence-corrected chi connectivity index (χ3v) is 5.83. The van der Waals surface area contributed by atoms with Crippen LogP contribution >= 0.6 is 11.6 Å². The number of nitrogens with two attached hydrogens (primary N) is 1. The first-order chi connectivity index (χ1) is 11.1. The third kappa shape index (κ3) is 2.74. The van der Waals surface area contributed by atoms with Crippen molar-refractivity contribution in [3.05, 3.63) is 39.8 Å². The number of aromatic amines is 1. The molecule has 3 N–H and O–H groups in total. The van der Waals surface area contributed by atoms with Gasteiger partial charge in [-0.2, -0.15) is 0 Å². The summed E-state index contributed by atoms with van der Waals surface area (Å²) >= 11 is 6.35. The first kappa shape index (κ1) is 15.0. The van der Waals surface area contributed by atoms with E-state index in [0.717, 1.165) is 37.5 Å². The second kappa shape index (κ2) is 5.84. The molecule has 1 aromatic heterocycles. The largest absolute Gasteiger partial charge is 0.489 e. The number of halogens is 1. The Kier molecular flexibility index (Phi) is 3.82. The van der Waals surface area contributed by atoms with Crippen LogP contribution < -0.4 is 16.0 Å². The van der Waals surface area contributed by atoms with Gasteiger partial charge in [0.25, 0.3) is 5.56 Å². The maximum Gasteiger partial charge on any atom is 0.255 e. The monoisotopic (exact) mass is 332 g/mol. The van der Waals surface area contributed by atoms with Crippen LogP contribution in [-0.2, 0) is 0 Å². The van der Waals surface area contributed by atoms with Crippen LogP contribution in [0.1, 0.15) is 32.1 Å². The second-order valence-electron chi connectivity index (χ2n) is 6.91. The molecular formula is C18H21ClN2O2. The van der Waals surface area contributed by atoms with Crippen molar-refractivity contribution in [2.75, 3.05) is 0 Å². The van der Waals surface area contributed by atoms with Crippen LogP contribution in [0.2, 0.25) is 5.02 Å². The molecule has 2 saturated carbocycles. The minimum atomic E-state index is -0.127. The number of benzene rings is 1. The van der Waals surface area contributed by atoms with Gasteiger partial charge in [0.1, 0.15) is 11.9 Å². The number of rotatable bonds is 2. The molecule has 4 atom stereocenters. The molecule has 2 fully saturated rings. The quantitative estimate of drug-likeness (QED) is 0.884. The van der Waals surface area contributed by atoms with Gasteiger partial charge in [-0.25, -0.2) is 0 Å². The first-order valence-corrected chi connectivity index (χ1v) is 8.73. The SMILES string of the molecule is NC1CC[C@@H]2CC1CCC2Oc1cc2cc[nH]c(=O)c2cc1Cl. The fraction of sp³-hybridized carbons (Fsp3) is 0.500. The molecule has 3 unspecified atom stereocenters. The van der Waals surface area contributed by atoms with E-state index in [0.29, 0.717) is 34.0 Å². The Morgan fingerprint density at radius 3 is 2.87 bits per heavy atom. The van der Waals surface area contributed by atoms with Gasteiger partial charge in [0, 0.05) is 17.6 Å². The Labute approximate surface area is 140 Å². The zero-order valence-electron chi connectivity index (χ0n) is 12.9. The third-order valence-electron chi connectivity index (χ3n) is 5.53. The van der Waals surface area contributed by atoms with Crippen molar-refractivity contribution < 1.29 is 4.74 Å². The van der Waals surface area contributed by atoms with Gasteiger partial charge in [-0.1, -0.05) is 11.6 Å². The Morgan fingerprint density at radius 2 is 2.00 bits per heavy atom. The van der Waals surface area contributed by atoms with Crippen molar-refractivity contribution in [1.82, 2.24) is 4.98 Å². The van der Waals surface area contributed by atoms with E-state index in [9.17, 15) is 4.79 Å². The molecule has 0 amide bonds. The van der Waals surface area contributed by atoms with Crippen molar-refractivity contribution in [2.45, 2.75) is 44.2 Å². The van der Waals surface area contributed by atoms with Gasteiger partial charge in [-0.05, 0) is 67.5 Å². The van der Waals surface area contributed by atoms with Gasteiger partial charge in [0.05, 0.1) is 5.02 Å². The molecule has 122 valence electrons. The van der Waals surface area contributed by atoms with Crippen molar-refractivity contribution in [3.63, 3.8) is 0 Å². The van der Waals surface area contributed by atoms with E-state index >= 15 is 0 Å². The van der Waals surface area contributed by atoms with Crippen LogP contribution in [0.3, 0.4) is 0 Å². The van der Waals surface area contributed by atoms with Gasteiger partial charge in [0.15, 0.2) is 0 Å². The average molecular weight is 333 g/mol. The fourth-order valence-corrected chi connectivity index (χ4v) is 4.41. The summed E-state index contributed by atoms with van der Waals surface area (Å²) < 4.78 is 6.27. The van der Waals surface area contributed by atoms with Crippen LogP contribution in [0, 0.1) is 11.8 Å². The number of ether oxygens (including phenoxy) is 1. The molecule has 5 heteroatoms. The zero-order chi connectivity index (χ0) is 16.0. The first-order valence-electron chi connectivity index (χ1n) is 8.35. The van der Waals surface area contributed by atoms with E-state index in [2.05, 4.69) is 4.98 Å². The smallest absolute Gasteiger partial charge is 0.255 e. The average Bonchev–Trinajstić information content (AvgIpc) is 2.55. The Morgan fingerprint density at radius 1 is 1.17 bits per heavy atom. The van der Waals surface area contributed by atoms with Crippen molar-refractivity contribution in [1.29, 1.82) is 0 Å². The number of hydrogen-bond acceptors (Lipinski definition) is 3. The molecule has 23 heavy (non-hydrogen) atoms. The second-order valence-corrected chi connectivity index (χ2v) is 7.31. The number of aromatic nitrogens is 1. The maximum atomic E-state index is 11.8. The van der Waals surface area contributed by atoms with Gasteiger partial charge >= 0.3 is 0 Å². The summed E-state index contributed by atoms with van der Waals surface area (Å²) in [5, 5.41) is 1.95. The number of fused-ring (bicyclic) bond motifs is 3. The van der Waals surface area contributed by atoms with Gasteiger partial charge < -0.3 is 15.5 Å². The van der Waals surface area contributed by atoms with E-state index in [1.807, 2.05) is 12.1 Å². The summed E-state index contributed by atoms with van der Waals surface area (Å²) in [6.45, 7) is 0. The Bertz CT molecular complexity index is 788. The molecule has 1 aromatic carbocycles. The van der Waals surface area contributed by atoms with Crippen molar-refractivity contribution in [2.24, 2.45) is 17.6 Å². The Hall–Kier alpha value is -1.52. The lowest BCUT2D eigenvalue weighted by atomic mass is 9.68. The normalized spacial score (nSPS) is 30.3. The summed E-state index contributed by atoms with van der Waals surface area (Å²) in [5.74, 6) is 1.90. The number of hydrogen-bond donors (Lipinski definition) is 2. The predicted octanol–water partition coefficient (Wildman–Crippen LogP) is 3.47. The van der Waals surface area contributed by atoms with Crippen molar-refractivity contribution >= 4 is 22.4 Å². The maximum absolute atomic E-state index is 11.8. The lowest BCUT2D eigenvalue weighted by molar-refractivity contribution is 0.0321. The van der Waals surface area contributed by atoms with E-state index in [4.69, 9.17) is 22.1 Å². The van der Waals surface area contributed by atoms with Crippen LogP contribution in [0.15, 0.2) is 29.2 Å². The molecule has 2 aliphatic carbocycles. The highest BCUT2D eigenvalue weighted by molar-refractivity contribution is 6.32. The lowest BCUT2D eigenvalue weighted by Crippen LogP contribution is -2.45. The summed E-state index contributed by atoms with van der Waals surface area (Å²) in [5.41, 5.74) is 6.06. The molecule has 4 nitrogen and oxygen atoms in total. The lowest BCUT2D eigenvalue weighted by Gasteiger charge is -2.43. The van der Waals surface area contributed by atoms with Crippen LogP contribution in [0.5, 0.6) is 5.75 Å². The van der Waals surface area contributed by atoms with Crippen LogP contribution in [0.25, 0.3) is 10.8 Å². The summed E-state index contributed by atoms with van der Waals surface area (Å²) in [6.07, 6.45) is 7.41. The highest BCUT2D eigenvalue weighted by Crippen LogP contribution is 2.42. The topological polar surface area (TPSA) is 68.1 Å². The summed E-state index contributed by atoms with van der Waals surface area (Å²) in [7, 11) is 0. The van der Waals surface area contributed by atoms with E-state index in [1.165, 1.54) is 0 Å². The zero-order valence-corrected chi connectivity index (χ0v) is 13.7. The molecular weight excluding hydrogens is 312 g/mol. The highest BCUT2D eigenvalue weighted by Gasteiger charge is 2.38. The minimum Gasteiger partial charge on any atom is -0.489 e. The molecule has 4 rings (SSSR count). The summed E-state index contributed by atoms with van der Waals surface area (Å²) in [4.78, 5) is 14.5. The predicted molar refractivity (Wildman–Crippen MR) is 92.0 cm³/mol. The molecule has 0 spiro atoms. The van der Waals surface area contributed by atoms with E-state index < -0.39 is 0 Å². The molecule has 2 aromatic rings. The molecule has 0 radical (unpaired) electrons. The molecule has 1 heterocycles.